The summed E-state index contributed by atoms with van der Waals surface area (Å²) in [6, 6.07) is 1.50. The SMILES string of the molecule is CC#CCN(C)C1CCC(NC)CC1. The Bertz CT molecular complexity index is 206. The second-order valence-corrected chi connectivity index (χ2v) is 4.14. The summed E-state index contributed by atoms with van der Waals surface area (Å²) in [6.07, 6.45) is 5.25. The number of hydrogen-bond acceptors (Lipinski definition) is 2. The van der Waals surface area contributed by atoms with E-state index in [2.05, 4.69) is 36.2 Å². The molecule has 0 saturated heterocycles. The normalized spacial score (nSPS) is 27.1. The highest BCUT2D eigenvalue weighted by Gasteiger charge is 2.22. The third-order valence-electron chi connectivity index (χ3n) is 3.23. The van der Waals surface area contributed by atoms with Gasteiger partial charge in [0.1, 0.15) is 0 Å². The highest BCUT2D eigenvalue weighted by Crippen LogP contribution is 2.21. The molecule has 1 saturated carbocycles. The highest BCUT2D eigenvalue weighted by atomic mass is 15.1. The second-order valence-electron chi connectivity index (χ2n) is 4.14. The van der Waals surface area contributed by atoms with Crippen molar-refractivity contribution in [3.05, 3.63) is 0 Å². The zero-order valence-electron chi connectivity index (χ0n) is 9.64. The Hall–Kier alpha value is -0.520. The van der Waals surface area contributed by atoms with Crippen LogP contribution in [0, 0.1) is 11.8 Å². The van der Waals surface area contributed by atoms with Crippen LogP contribution in [0.1, 0.15) is 32.6 Å². The van der Waals surface area contributed by atoms with Gasteiger partial charge in [-0.05, 0) is 46.7 Å². The first-order valence-electron chi connectivity index (χ1n) is 5.55. The summed E-state index contributed by atoms with van der Waals surface area (Å²) in [4.78, 5) is 2.39. The van der Waals surface area contributed by atoms with Crippen molar-refractivity contribution in [1.29, 1.82) is 0 Å². The van der Waals surface area contributed by atoms with Crippen molar-refractivity contribution in [3.63, 3.8) is 0 Å². The van der Waals surface area contributed by atoms with Crippen LogP contribution in [0.25, 0.3) is 0 Å². The van der Waals surface area contributed by atoms with Crippen molar-refractivity contribution in [3.8, 4) is 11.8 Å². The maximum absolute atomic E-state index is 3.36. The van der Waals surface area contributed by atoms with E-state index >= 15 is 0 Å². The van der Waals surface area contributed by atoms with E-state index in [4.69, 9.17) is 0 Å². The van der Waals surface area contributed by atoms with Gasteiger partial charge in [-0.25, -0.2) is 0 Å². The average Bonchev–Trinajstić information content (AvgIpc) is 2.26. The number of hydrogen-bond donors (Lipinski definition) is 1. The summed E-state index contributed by atoms with van der Waals surface area (Å²) >= 11 is 0. The number of rotatable bonds is 3. The molecule has 0 aromatic rings. The molecule has 80 valence electrons. The maximum Gasteiger partial charge on any atom is 0.0601 e. The van der Waals surface area contributed by atoms with E-state index in [0.717, 1.165) is 18.6 Å². The van der Waals surface area contributed by atoms with Gasteiger partial charge in [0, 0.05) is 12.1 Å². The minimum atomic E-state index is 0.747. The lowest BCUT2D eigenvalue weighted by atomic mass is 9.90. The molecular formula is C12H22N2. The largest absolute Gasteiger partial charge is 0.317 e. The summed E-state index contributed by atoms with van der Waals surface area (Å²) in [5.41, 5.74) is 0. The fourth-order valence-electron chi connectivity index (χ4n) is 2.14. The molecule has 2 heteroatoms. The van der Waals surface area contributed by atoms with Crippen LogP contribution >= 0.6 is 0 Å². The molecule has 1 fully saturated rings. The van der Waals surface area contributed by atoms with Crippen molar-refractivity contribution in [2.75, 3.05) is 20.6 Å². The Morgan fingerprint density at radius 3 is 2.43 bits per heavy atom. The predicted octanol–water partition coefficient (Wildman–Crippen LogP) is 1.47. The minimum Gasteiger partial charge on any atom is -0.317 e. The molecule has 0 bridgehead atoms. The summed E-state index contributed by atoms with van der Waals surface area (Å²) in [5.74, 6) is 6.08. The summed E-state index contributed by atoms with van der Waals surface area (Å²) < 4.78 is 0. The Morgan fingerprint density at radius 2 is 1.93 bits per heavy atom. The molecule has 0 aliphatic heterocycles. The van der Waals surface area contributed by atoms with Gasteiger partial charge < -0.3 is 5.32 Å². The monoisotopic (exact) mass is 194 g/mol. The third kappa shape index (κ3) is 3.32. The van der Waals surface area contributed by atoms with Crippen LogP contribution in [0.3, 0.4) is 0 Å². The van der Waals surface area contributed by atoms with E-state index < -0.39 is 0 Å². The van der Waals surface area contributed by atoms with Crippen LogP contribution in [-0.4, -0.2) is 37.6 Å². The van der Waals surface area contributed by atoms with E-state index in [9.17, 15) is 0 Å². The van der Waals surface area contributed by atoms with Gasteiger partial charge in [0.25, 0.3) is 0 Å². The fraction of sp³-hybridized carbons (Fsp3) is 0.833. The fourth-order valence-corrected chi connectivity index (χ4v) is 2.14. The first-order chi connectivity index (χ1) is 6.77. The van der Waals surface area contributed by atoms with Crippen molar-refractivity contribution in [2.45, 2.75) is 44.7 Å². The zero-order chi connectivity index (χ0) is 10.4. The average molecular weight is 194 g/mol. The standard InChI is InChI=1S/C12H22N2/c1-4-5-10-14(3)12-8-6-11(13-2)7-9-12/h11-13H,6-10H2,1-3H3. The Morgan fingerprint density at radius 1 is 1.29 bits per heavy atom. The van der Waals surface area contributed by atoms with Crippen molar-refractivity contribution >= 4 is 0 Å². The molecule has 0 heterocycles. The smallest absolute Gasteiger partial charge is 0.0601 e. The topological polar surface area (TPSA) is 15.3 Å². The van der Waals surface area contributed by atoms with Gasteiger partial charge in [-0.1, -0.05) is 5.92 Å². The van der Waals surface area contributed by atoms with Gasteiger partial charge in [0.2, 0.25) is 0 Å². The van der Waals surface area contributed by atoms with Crippen LogP contribution in [0.2, 0.25) is 0 Å². The van der Waals surface area contributed by atoms with E-state index in [1.807, 2.05) is 6.92 Å². The summed E-state index contributed by atoms with van der Waals surface area (Å²) in [6.45, 7) is 2.83. The minimum absolute atomic E-state index is 0.747. The number of nitrogens with one attached hydrogen (secondary N) is 1. The molecule has 0 spiro atoms. The molecule has 1 rings (SSSR count). The molecule has 1 N–H and O–H groups in total. The Kier molecular flexibility index (Phi) is 5.00. The Labute approximate surface area is 88.1 Å². The van der Waals surface area contributed by atoms with Crippen LogP contribution in [0.5, 0.6) is 0 Å². The molecular weight excluding hydrogens is 172 g/mol. The van der Waals surface area contributed by atoms with E-state index in [1.165, 1.54) is 25.7 Å². The number of nitrogens with zero attached hydrogens (tertiary/aromatic N) is 1. The lowest BCUT2D eigenvalue weighted by molar-refractivity contribution is 0.193. The molecule has 1 aliphatic carbocycles. The van der Waals surface area contributed by atoms with Gasteiger partial charge in [-0.3, -0.25) is 4.90 Å². The third-order valence-corrected chi connectivity index (χ3v) is 3.23. The Balaban J connectivity index is 2.28. The molecule has 0 unspecified atom stereocenters. The van der Waals surface area contributed by atoms with E-state index in [1.54, 1.807) is 0 Å². The predicted molar refractivity (Wildman–Crippen MR) is 61.2 cm³/mol. The van der Waals surface area contributed by atoms with Crippen LogP contribution in [-0.2, 0) is 0 Å². The van der Waals surface area contributed by atoms with Crippen LogP contribution in [0.4, 0.5) is 0 Å². The maximum atomic E-state index is 3.36. The van der Waals surface area contributed by atoms with Gasteiger partial charge >= 0.3 is 0 Å². The molecule has 0 radical (unpaired) electrons. The van der Waals surface area contributed by atoms with Crippen molar-refractivity contribution < 1.29 is 0 Å². The molecule has 2 nitrogen and oxygen atoms in total. The van der Waals surface area contributed by atoms with Gasteiger partial charge in [0.05, 0.1) is 6.54 Å². The van der Waals surface area contributed by atoms with Gasteiger partial charge in [-0.15, -0.1) is 5.92 Å². The first-order valence-corrected chi connectivity index (χ1v) is 5.55. The molecule has 0 amide bonds. The lowest BCUT2D eigenvalue weighted by Crippen LogP contribution is -2.39. The zero-order valence-corrected chi connectivity index (χ0v) is 9.64. The summed E-state index contributed by atoms with van der Waals surface area (Å²) in [5, 5.41) is 3.36. The quantitative estimate of drug-likeness (QED) is 0.685. The molecule has 0 aromatic heterocycles. The molecule has 14 heavy (non-hydrogen) atoms. The van der Waals surface area contributed by atoms with Crippen LogP contribution in [0.15, 0.2) is 0 Å². The second kappa shape index (κ2) is 6.06. The van der Waals surface area contributed by atoms with E-state index in [-0.39, 0.29) is 0 Å². The van der Waals surface area contributed by atoms with Crippen LogP contribution < -0.4 is 5.32 Å². The molecule has 0 aromatic carbocycles. The molecule has 1 aliphatic rings. The summed E-state index contributed by atoms with van der Waals surface area (Å²) in [7, 11) is 4.26. The van der Waals surface area contributed by atoms with E-state index in [0.29, 0.717) is 0 Å². The van der Waals surface area contributed by atoms with Gasteiger partial charge in [-0.2, -0.15) is 0 Å². The van der Waals surface area contributed by atoms with Crippen molar-refractivity contribution in [2.24, 2.45) is 0 Å². The lowest BCUT2D eigenvalue weighted by Gasteiger charge is -2.33. The van der Waals surface area contributed by atoms with Gasteiger partial charge in [0.15, 0.2) is 0 Å². The highest BCUT2D eigenvalue weighted by molar-refractivity contribution is 4.98. The first kappa shape index (κ1) is 11.6. The molecule has 0 atom stereocenters. The van der Waals surface area contributed by atoms with Crippen molar-refractivity contribution in [1.82, 2.24) is 10.2 Å².